The van der Waals surface area contributed by atoms with E-state index in [2.05, 4.69) is 192 Å². The molecule has 12 nitrogen and oxygen atoms in total. The zero-order valence-electron chi connectivity index (χ0n) is 62.7. The van der Waals surface area contributed by atoms with Crippen LogP contribution in [0.25, 0.3) is 78.7 Å². The van der Waals surface area contributed by atoms with Gasteiger partial charge in [0, 0.05) is 213 Å². The van der Waals surface area contributed by atoms with Gasteiger partial charge >= 0.3 is 5.85 Å². The van der Waals surface area contributed by atoms with Crippen LogP contribution in [0.15, 0.2) is 328 Å². The van der Waals surface area contributed by atoms with Crippen molar-refractivity contribution in [2.75, 3.05) is 23.9 Å². The number of carbonyl (C=O) groups is 1. The maximum atomic E-state index is 13.4. The maximum absolute atomic E-state index is 13.4. The van der Waals surface area contributed by atoms with E-state index in [-0.39, 0.29) is 121 Å². The molecule has 2 N–H and O–H groups in total. The maximum Gasteiger partial charge on any atom is 0.556 e. The minimum Gasteiger partial charge on any atom is -0.512 e. The number of hydrogen-bond acceptors (Lipinski definition) is 10. The Kier molecular flexibility index (Phi) is 33.3. The summed E-state index contributed by atoms with van der Waals surface area (Å²) in [6, 6.07) is 96.2. The third-order valence-electron chi connectivity index (χ3n) is 17.5. The van der Waals surface area contributed by atoms with Crippen molar-refractivity contribution in [3.05, 3.63) is 404 Å². The Morgan fingerprint density at radius 1 is 0.457 bits per heavy atom. The first-order valence-corrected chi connectivity index (χ1v) is 35.3. The van der Waals surface area contributed by atoms with Gasteiger partial charge in [-0.25, -0.2) is 0 Å². The molecular formula is C94H72F6Ir4N8O4-2. The van der Waals surface area contributed by atoms with Crippen molar-refractivity contribution in [3.8, 4) is 84.4 Å². The first-order valence-electron chi connectivity index (χ1n) is 35.3. The van der Waals surface area contributed by atoms with Crippen LogP contribution in [0.3, 0.4) is 0 Å². The molecule has 9 aromatic carbocycles. The van der Waals surface area contributed by atoms with E-state index < -0.39 is 29.1 Å². The van der Waals surface area contributed by atoms with Gasteiger partial charge in [-0.3, -0.25) is 31.1 Å². The fraction of sp³-hybridized carbons (Fsp3) is 0.0745. The molecule has 2 aliphatic rings. The van der Waals surface area contributed by atoms with Crippen molar-refractivity contribution >= 4 is 28.5 Å². The second kappa shape index (κ2) is 42.8. The molecule has 0 spiro atoms. The van der Waals surface area contributed by atoms with Gasteiger partial charge < -0.3 is 44.7 Å². The number of para-hydroxylation sites is 3. The summed E-state index contributed by atoms with van der Waals surface area (Å²) in [6.07, 6.45) is 12.0. The molecule has 22 heteroatoms. The van der Waals surface area contributed by atoms with Gasteiger partial charge in [0.1, 0.15) is 5.75 Å². The number of hydrogen-bond donors (Lipinski definition) is 2. The smallest absolute Gasteiger partial charge is 0.512 e. The van der Waals surface area contributed by atoms with Gasteiger partial charge in [0.2, 0.25) is 11.4 Å². The first kappa shape index (κ1) is 90.2. The molecule has 4 radical (unpaired) electrons. The molecule has 0 aliphatic carbocycles. The second-order valence-electron chi connectivity index (χ2n) is 25.7. The number of aromatic nitrogens is 6. The number of benzene rings is 9. The van der Waals surface area contributed by atoms with E-state index in [9.17, 15) is 31.1 Å². The molecule has 0 atom stereocenters. The van der Waals surface area contributed by atoms with Gasteiger partial charge in [0.15, 0.2) is 23.7 Å². The Morgan fingerprint density at radius 3 is 1.36 bits per heavy atom. The van der Waals surface area contributed by atoms with E-state index in [4.69, 9.17) is 14.9 Å². The number of nitrogens with zero attached hydrogens (tertiary/aromatic N) is 8. The summed E-state index contributed by atoms with van der Waals surface area (Å²) < 4.78 is 89.7. The zero-order valence-corrected chi connectivity index (χ0v) is 72.3. The summed E-state index contributed by atoms with van der Waals surface area (Å²) in [6.45, 7) is 4.58. The number of aliphatic hydroxyl groups excluding tert-OH is 2. The van der Waals surface area contributed by atoms with Crippen LogP contribution >= 0.6 is 0 Å². The predicted octanol–water partition coefficient (Wildman–Crippen LogP) is 20.6. The number of halogens is 6. The molecule has 116 heavy (non-hydrogen) atoms. The van der Waals surface area contributed by atoms with Crippen LogP contribution in [-0.4, -0.2) is 50.0 Å². The van der Waals surface area contributed by atoms with Crippen LogP contribution in [0.4, 0.5) is 49.1 Å². The Hall–Kier alpha value is -11.4. The average Bonchev–Trinajstić information content (AvgIpc) is 1.51. The van der Waals surface area contributed by atoms with Gasteiger partial charge in [-0.15, -0.1) is 83.9 Å². The molecule has 0 saturated carbocycles. The fourth-order valence-corrected chi connectivity index (χ4v) is 12.5. The van der Waals surface area contributed by atoms with E-state index >= 15 is 0 Å². The van der Waals surface area contributed by atoms with E-state index in [1.807, 2.05) is 105 Å². The van der Waals surface area contributed by atoms with Crippen LogP contribution < -0.4 is 23.7 Å². The molecule has 6 aromatic heterocycles. The Balaban J connectivity index is 0.000000182. The first-order chi connectivity index (χ1) is 54.3. The average molecular weight is 2260 g/mol. The topological polar surface area (TPSA) is 133 Å². The number of carbonyl (C=O) groups excluding carboxylic acids is 1. The second-order valence-corrected chi connectivity index (χ2v) is 25.7. The number of ketones is 1. The van der Waals surface area contributed by atoms with E-state index in [0.29, 0.717) is 17.0 Å². The number of fused-ring (bicyclic) bond motifs is 6. The number of aryl methyl sites for hydroxylation is 1. The van der Waals surface area contributed by atoms with Crippen LogP contribution in [0.5, 0.6) is 5.75 Å². The molecule has 0 saturated heterocycles. The van der Waals surface area contributed by atoms with Crippen LogP contribution in [0, 0.1) is 66.1 Å². The number of pyridine rings is 6. The van der Waals surface area contributed by atoms with Gasteiger partial charge in [-0.05, 0) is 134 Å². The summed E-state index contributed by atoms with van der Waals surface area (Å²) in [7, 11) is 3.93. The zero-order chi connectivity index (χ0) is 78.7. The fourth-order valence-electron chi connectivity index (χ4n) is 12.5. The molecule has 0 unspecified atom stereocenters. The third kappa shape index (κ3) is 22.2. The number of allylic oxidation sites excluding steroid dienone is 2. The molecule has 0 amide bonds. The monoisotopic (exact) mass is 2260 g/mol. The number of anilines is 4. The summed E-state index contributed by atoms with van der Waals surface area (Å²) in [4.78, 5) is 30.8. The molecular weight excluding hydrogens is 2190 g/mol. The van der Waals surface area contributed by atoms with Gasteiger partial charge in [0.25, 0.3) is 0 Å². The molecule has 8 heterocycles. The summed E-state index contributed by atoms with van der Waals surface area (Å²) in [5.74, 6) is -3.29. The minimum atomic E-state index is -0.815. The molecule has 592 valence electrons. The number of rotatable bonds is 13. The van der Waals surface area contributed by atoms with Crippen LogP contribution in [0.1, 0.15) is 30.5 Å². The largest absolute Gasteiger partial charge is 0.556 e. The summed E-state index contributed by atoms with van der Waals surface area (Å²) >= 11 is 0. The van der Waals surface area contributed by atoms with Crippen molar-refractivity contribution in [1.29, 1.82) is 0 Å². The van der Waals surface area contributed by atoms with Gasteiger partial charge in [-0.1, -0.05) is 153 Å². The van der Waals surface area contributed by atoms with Crippen molar-refractivity contribution in [3.63, 3.8) is 0 Å². The van der Waals surface area contributed by atoms with Crippen molar-refractivity contribution < 1.29 is 136 Å². The normalized spacial score (nSPS) is 11.1. The van der Waals surface area contributed by atoms with Crippen LogP contribution in [0.2, 0.25) is 0 Å². The van der Waals surface area contributed by atoms with Crippen LogP contribution in [-0.2, 0) is 97.7 Å². The molecule has 2 aliphatic heterocycles. The third-order valence-corrected chi connectivity index (χ3v) is 17.5. The van der Waals surface area contributed by atoms with E-state index in [1.54, 1.807) is 42.9 Å². The van der Waals surface area contributed by atoms with E-state index in [0.717, 1.165) is 103 Å². The van der Waals surface area contributed by atoms with Crippen molar-refractivity contribution in [2.24, 2.45) is 0 Å². The number of ether oxygens (including phenoxy) is 1. The Bertz CT molecular complexity index is 5680. The predicted molar refractivity (Wildman–Crippen MR) is 423 cm³/mol. The standard InChI is InChI=1S/C29H20N2O.C23H16FN2.C13H12FN2.C12H8F2NO.C12H8F2N.C5H8O2.4Ir/c1-2-11-21(12-3-1)22-13-4-5-18-27(22)32-29-28-23(25-16-6-8-19-30(25)29)14-10-15-24(28)26-17-7-9-20-31(26)29;24-19-13-11-18(12-14-19)23-17-22(15-16-25-23)26(20-7-3-1-4-8-20)21-9-5-2-6-10-21;1-16(2)12-7-8-15-13(9-12)10-3-5-11(14)6-4-10;13-9-1-2-10(11(14)6-9)12-5-8(7-16)3-4-15-12;1-8-4-5-15-12(6-8)10-3-2-9(13)7-11(10)14;1-4(6)3-5(2)7;;;;/h1-20H;1-11,13-17H;3,5-9H,1-2H3;1,3-6,16H,7H2;2,4-7H,1H3;3,6H,1-2H3;;;;/q+2;4*-1;;;;;. The molecule has 0 fully saturated rings. The SMILES string of the molecule is CC(=O)C=C(C)O.CN(C)c1ccnc(-c2[c-]cc(F)cc2)c1.Cc1ccnc(-c2[c-]cc(F)cc2F)c1.Fc1c[c-]c(-c2cc(N(c3ccccc3)c3ccccc3)ccn2)cc1.OCc1ccnc(-c2[c-]cc(F)cc2F)c1.[Ir].[Ir].[Ir].[Ir].c1ccc(-c2ccccc2OC23c4c(cccc4-c4cccc[n+]42)-c2cccc[n+]23)cc1. The molecule has 15 aromatic rings. The Labute approximate surface area is 723 Å². The van der Waals surface area contributed by atoms with Gasteiger partial charge in [0.05, 0.1) is 23.5 Å². The van der Waals surface area contributed by atoms with Gasteiger partial charge in [-0.2, -0.15) is 0 Å². The summed E-state index contributed by atoms with van der Waals surface area (Å²) in [5.41, 5.74) is 18.1. The Morgan fingerprint density at radius 2 is 0.897 bits per heavy atom. The molecule has 17 rings (SSSR count). The summed E-state index contributed by atoms with van der Waals surface area (Å²) in [5, 5.41) is 17.3. The van der Waals surface area contributed by atoms with E-state index in [1.165, 1.54) is 73.1 Å². The minimum absolute atomic E-state index is 0. The quantitative estimate of drug-likeness (QED) is 0.0378. The molecule has 0 bridgehead atoms. The van der Waals surface area contributed by atoms with Crippen molar-refractivity contribution in [1.82, 2.24) is 19.9 Å². The number of aliphatic hydroxyl groups is 2. The van der Waals surface area contributed by atoms with Crippen molar-refractivity contribution in [2.45, 2.75) is 33.2 Å².